The second-order valence-electron chi connectivity index (χ2n) is 13.7. The Kier molecular flexibility index (Phi) is 16.1. The number of amides is 4. The largest absolute Gasteiger partial charge is 0.384 e. The van der Waals surface area contributed by atoms with Crippen molar-refractivity contribution in [3.8, 4) is 11.1 Å². The second-order valence-corrected chi connectivity index (χ2v) is 13.7. The Balaban J connectivity index is 0.000000284. The van der Waals surface area contributed by atoms with E-state index in [1.165, 1.54) is 39.8 Å². The maximum atomic E-state index is 12.9. The molecule has 52 heavy (non-hydrogen) atoms. The fraction of sp³-hybridized carbons (Fsp3) is 0.450. The van der Waals surface area contributed by atoms with Gasteiger partial charge in [-0.05, 0) is 67.0 Å². The van der Waals surface area contributed by atoms with E-state index < -0.39 is 17.9 Å². The first-order chi connectivity index (χ1) is 24.8. The van der Waals surface area contributed by atoms with Crippen molar-refractivity contribution in [3.63, 3.8) is 0 Å². The van der Waals surface area contributed by atoms with Crippen molar-refractivity contribution in [2.45, 2.75) is 79.2 Å². The van der Waals surface area contributed by atoms with Crippen LogP contribution in [0.25, 0.3) is 11.1 Å². The summed E-state index contributed by atoms with van der Waals surface area (Å²) in [5.41, 5.74) is 9.72. The molecule has 1 aromatic heterocycles. The van der Waals surface area contributed by atoms with Crippen molar-refractivity contribution in [2.24, 2.45) is 5.41 Å². The number of piperidine rings is 1. The predicted molar refractivity (Wildman–Crippen MR) is 203 cm³/mol. The van der Waals surface area contributed by atoms with Crippen LogP contribution in [0.1, 0.15) is 90.8 Å². The molecule has 2 heterocycles. The average molecular weight is 715 g/mol. The zero-order valence-corrected chi connectivity index (χ0v) is 31.6. The highest BCUT2D eigenvalue weighted by atomic mass is 16.6. The summed E-state index contributed by atoms with van der Waals surface area (Å²) in [6.07, 6.45) is 7.92. The van der Waals surface area contributed by atoms with Gasteiger partial charge in [-0.25, -0.2) is 5.48 Å². The number of likely N-dealkylation sites (N-methyl/N-ethyl adjacent to an activating group) is 1. The Bertz CT molecular complexity index is 1710. The molecule has 12 heteroatoms. The van der Waals surface area contributed by atoms with E-state index in [1.807, 2.05) is 19.3 Å². The van der Waals surface area contributed by atoms with Gasteiger partial charge in [0.2, 0.25) is 17.7 Å². The summed E-state index contributed by atoms with van der Waals surface area (Å²) in [5, 5.41) is 8.38. The summed E-state index contributed by atoms with van der Waals surface area (Å²) in [6, 6.07) is 12.8. The van der Waals surface area contributed by atoms with Gasteiger partial charge in [-0.3, -0.25) is 34.3 Å². The molecular formula is C40H54N6O6. The molecule has 0 bridgehead atoms. The van der Waals surface area contributed by atoms with Gasteiger partial charge in [-0.2, -0.15) is 0 Å². The van der Waals surface area contributed by atoms with Gasteiger partial charge in [0.05, 0.1) is 12.2 Å². The maximum absolute atomic E-state index is 12.9. The van der Waals surface area contributed by atoms with E-state index >= 15 is 0 Å². The van der Waals surface area contributed by atoms with E-state index in [1.54, 1.807) is 25.2 Å². The number of pyridine rings is 1. The maximum Gasteiger partial charge on any atom is 0.257 e. The lowest BCUT2D eigenvalue weighted by atomic mass is 9.94. The van der Waals surface area contributed by atoms with Crippen molar-refractivity contribution >= 4 is 35.6 Å². The molecule has 1 atom stereocenters. The molecule has 1 fully saturated rings. The smallest absolute Gasteiger partial charge is 0.257 e. The Morgan fingerprint density at radius 1 is 1.12 bits per heavy atom. The van der Waals surface area contributed by atoms with Gasteiger partial charge in [0, 0.05) is 74.6 Å². The van der Waals surface area contributed by atoms with E-state index in [2.05, 4.69) is 78.4 Å². The number of rotatable bonds is 16. The van der Waals surface area contributed by atoms with E-state index in [0.717, 1.165) is 19.3 Å². The number of carbonyl (C=O) groups excluding carboxylic acids is 5. The van der Waals surface area contributed by atoms with Crippen LogP contribution in [0.3, 0.4) is 0 Å². The fourth-order valence-corrected chi connectivity index (χ4v) is 5.84. The molecule has 1 aliphatic heterocycles. The fourth-order valence-electron chi connectivity index (χ4n) is 5.84. The van der Waals surface area contributed by atoms with Crippen molar-refractivity contribution in [1.29, 1.82) is 0 Å². The van der Waals surface area contributed by atoms with Gasteiger partial charge < -0.3 is 20.4 Å². The van der Waals surface area contributed by atoms with Gasteiger partial charge in [0.1, 0.15) is 6.04 Å². The first kappa shape index (κ1) is 41.5. The monoisotopic (exact) mass is 714 g/mol. The third kappa shape index (κ3) is 11.8. The molecular weight excluding hydrogens is 660 g/mol. The van der Waals surface area contributed by atoms with E-state index in [0.29, 0.717) is 38.1 Å². The van der Waals surface area contributed by atoms with E-state index in [4.69, 9.17) is 4.84 Å². The predicted octanol–water partition coefficient (Wildman–Crippen LogP) is 5.04. The zero-order valence-electron chi connectivity index (χ0n) is 31.6. The summed E-state index contributed by atoms with van der Waals surface area (Å²) in [4.78, 5) is 70.5. The summed E-state index contributed by atoms with van der Waals surface area (Å²) in [6.45, 7) is 12.2. The Hall–Kier alpha value is -4.94. The first-order valence-electron chi connectivity index (χ1n) is 17.9. The van der Waals surface area contributed by atoms with Crippen LogP contribution in [0.4, 0.5) is 5.69 Å². The molecule has 3 aromatic rings. The number of nitrogens with one attached hydrogen (secondary N) is 4. The van der Waals surface area contributed by atoms with Gasteiger partial charge in [0.25, 0.3) is 5.91 Å². The number of aromatic nitrogens is 1. The number of hydrogen-bond donors (Lipinski definition) is 4. The molecule has 280 valence electrons. The lowest BCUT2D eigenvalue weighted by Crippen LogP contribution is -2.53. The first-order valence-corrected chi connectivity index (χ1v) is 17.9. The minimum absolute atomic E-state index is 0.0693. The standard InChI is InChI=1S/C23H33N3O2.C17H21N3O4/c1-6-19-11-12-25-14-21(19)20-9-7-18(13-17(20)2)8-10-22(27)26-15-23(3,4)16-28-24-5;1-3-9-18-12-6-4-5-11(10-21)15(12)17(24)20(2)13-7-8-14(22)19-16(13)23/h7,9,11-14,24H,6,8,10,15-16H2,1-5H3,(H,26,27);4-6,10,13,18H,3,7-9H2,1-2H3,(H,19,22,23). The number of aryl methyl sites for hydroxylation is 3. The molecule has 4 rings (SSSR count). The lowest BCUT2D eigenvalue weighted by molar-refractivity contribution is -0.136. The van der Waals surface area contributed by atoms with E-state index in [9.17, 15) is 24.0 Å². The molecule has 2 aromatic carbocycles. The van der Waals surface area contributed by atoms with Crippen LogP contribution < -0.4 is 21.4 Å². The molecule has 0 saturated carbocycles. The van der Waals surface area contributed by atoms with Gasteiger partial charge in [0.15, 0.2) is 6.29 Å². The third-order valence-electron chi connectivity index (χ3n) is 8.89. The molecule has 4 N–H and O–H groups in total. The topological polar surface area (TPSA) is 159 Å². The highest BCUT2D eigenvalue weighted by Crippen LogP contribution is 2.28. The third-order valence-corrected chi connectivity index (χ3v) is 8.89. The highest BCUT2D eigenvalue weighted by Gasteiger charge is 2.34. The molecule has 0 aliphatic carbocycles. The van der Waals surface area contributed by atoms with Crippen LogP contribution in [-0.4, -0.2) is 79.6 Å². The minimum atomic E-state index is -0.728. The number of hydrogen-bond acceptors (Lipinski definition) is 9. The molecule has 1 aliphatic rings. The number of benzene rings is 2. The number of anilines is 1. The van der Waals surface area contributed by atoms with Crippen LogP contribution >= 0.6 is 0 Å². The Morgan fingerprint density at radius 2 is 1.88 bits per heavy atom. The number of carbonyl (C=O) groups is 5. The number of aldehydes is 1. The summed E-state index contributed by atoms with van der Waals surface area (Å²) >= 11 is 0. The zero-order chi connectivity index (χ0) is 38.3. The number of nitrogens with zero attached hydrogens (tertiary/aromatic N) is 2. The van der Waals surface area contributed by atoms with Gasteiger partial charge >= 0.3 is 0 Å². The SMILES string of the molecule is CCCNc1cccc(C=O)c1C(=O)N(C)C1CCC(=O)NC1=O.CCc1ccncc1-c1ccc(CCC(=O)NCC(C)(C)CONC)cc1C. The minimum Gasteiger partial charge on any atom is -0.384 e. The van der Waals surface area contributed by atoms with Crippen LogP contribution in [0.5, 0.6) is 0 Å². The van der Waals surface area contributed by atoms with Crippen molar-refractivity contribution in [2.75, 3.05) is 39.1 Å². The Morgan fingerprint density at radius 3 is 2.54 bits per heavy atom. The summed E-state index contributed by atoms with van der Waals surface area (Å²) in [5.74, 6) is -1.19. The summed E-state index contributed by atoms with van der Waals surface area (Å²) < 4.78 is 0. The highest BCUT2D eigenvalue weighted by molar-refractivity contribution is 6.08. The van der Waals surface area contributed by atoms with E-state index in [-0.39, 0.29) is 41.2 Å². The second kappa shape index (κ2) is 20.2. The van der Waals surface area contributed by atoms with Crippen molar-refractivity contribution in [1.82, 2.24) is 26.0 Å². The molecule has 12 nitrogen and oxygen atoms in total. The average Bonchev–Trinajstić information content (AvgIpc) is 3.14. The van der Waals surface area contributed by atoms with Gasteiger partial charge in [-0.1, -0.05) is 58.0 Å². The lowest BCUT2D eigenvalue weighted by Gasteiger charge is -2.30. The molecule has 4 amide bonds. The van der Waals surface area contributed by atoms with Crippen molar-refractivity contribution in [3.05, 3.63) is 82.7 Å². The van der Waals surface area contributed by atoms with Crippen LogP contribution in [0.15, 0.2) is 54.9 Å². The van der Waals surface area contributed by atoms with Crippen molar-refractivity contribution < 1.29 is 28.8 Å². The quantitative estimate of drug-likeness (QED) is 0.0906. The van der Waals surface area contributed by atoms with Crippen LogP contribution in [-0.2, 0) is 32.1 Å². The molecule has 0 spiro atoms. The summed E-state index contributed by atoms with van der Waals surface area (Å²) in [7, 11) is 3.24. The van der Waals surface area contributed by atoms with Gasteiger partial charge in [-0.15, -0.1) is 0 Å². The van der Waals surface area contributed by atoms with Crippen LogP contribution in [0.2, 0.25) is 0 Å². The Labute approximate surface area is 307 Å². The molecule has 1 unspecified atom stereocenters. The molecule has 1 saturated heterocycles. The van der Waals surface area contributed by atoms with Crippen LogP contribution in [0, 0.1) is 12.3 Å². The normalized spacial score (nSPS) is 14.1. The number of hydroxylamine groups is 1. The number of imide groups is 1. The molecule has 0 radical (unpaired) electrons.